The number of nitrogens with zero attached hydrogens (tertiary/aromatic N) is 3. The standard InChI is InChI=1S/C21H39N3O6S3/c1-16(31)4-10-28-13-7-22-19(25)23(8-14-29-11-5-17(2)32)21(27)24(20(22)26)9-15-30-12-6-18(3)33/h16-18,31-33H,4-15H2,1-3H3. The quantitative estimate of drug-likeness (QED) is 0.198. The van der Waals surface area contributed by atoms with E-state index in [1.54, 1.807) is 0 Å². The van der Waals surface area contributed by atoms with Crippen LogP contribution in [0.4, 0.5) is 0 Å². The smallest absolute Gasteiger partial charge is 0.336 e. The molecule has 0 saturated carbocycles. The molecule has 0 N–H and O–H groups in total. The molecule has 0 fully saturated rings. The molecule has 0 aliphatic carbocycles. The zero-order valence-electron chi connectivity index (χ0n) is 19.9. The highest BCUT2D eigenvalue weighted by atomic mass is 32.1. The fourth-order valence-electron chi connectivity index (χ4n) is 2.79. The molecular weight excluding hydrogens is 486 g/mol. The van der Waals surface area contributed by atoms with E-state index in [0.29, 0.717) is 19.8 Å². The van der Waals surface area contributed by atoms with Gasteiger partial charge in [-0.3, -0.25) is 0 Å². The van der Waals surface area contributed by atoms with Crippen LogP contribution in [0.25, 0.3) is 0 Å². The Balaban J connectivity index is 2.95. The van der Waals surface area contributed by atoms with Crippen molar-refractivity contribution in [3.8, 4) is 0 Å². The minimum atomic E-state index is -0.664. The van der Waals surface area contributed by atoms with Crippen molar-refractivity contribution in [2.45, 2.75) is 75.4 Å². The maximum atomic E-state index is 12.9. The maximum Gasteiger partial charge on any atom is 0.336 e. The lowest BCUT2D eigenvalue weighted by atomic mass is 10.3. The minimum Gasteiger partial charge on any atom is -0.380 e. The van der Waals surface area contributed by atoms with Crippen molar-refractivity contribution in [3.05, 3.63) is 31.5 Å². The topological polar surface area (TPSA) is 93.7 Å². The van der Waals surface area contributed by atoms with E-state index in [9.17, 15) is 14.4 Å². The molecule has 1 aromatic rings. The normalized spacial score (nSPS) is 14.4. The van der Waals surface area contributed by atoms with E-state index in [-0.39, 0.29) is 55.2 Å². The van der Waals surface area contributed by atoms with Gasteiger partial charge in [0.25, 0.3) is 0 Å². The monoisotopic (exact) mass is 525 g/mol. The third-order valence-corrected chi connectivity index (χ3v) is 5.58. The first kappa shape index (κ1) is 30.4. The Morgan fingerprint density at radius 3 is 1.00 bits per heavy atom. The van der Waals surface area contributed by atoms with Crippen LogP contribution in [0, 0.1) is 0 Å². The molecule has 0 aromatic carbocycles. The van der Waals surface area contributed by atoms with Gasteiger partial charge in [-0.05, 0) is 19.3 Å². The lowest BCUT2D eigenvalue weighted by Gasteiger charge is -2.15. The van der Waals surface area contributed by atoms with Gasteiger partial charge < -0.3 is 14.2 Å². The summed E-state index contributed by atoms with van der Waals surface area (Å²) in [6.45, 7) is 8.00. The van der Waals surface area contributed by atoms with Gasteiger partial charge in [-0.2, -0.15) is 37.9 Å². The predicted molar refractivity (Wildman–Crippen MR) is 141 cm³/mol. The molecule has 0 spiro atoms. The molecule has 0 bridgehead atoms. The summed E-state index contributed by atoms with van der Waals surface area (Å²) in [6.07, 6.45) is 2.27. The van der Waals surface area contributed by atoms with E-state index in [1.807, 2.05) is 20.8 Å². The van der Waals surface area contributed by atoms with Gasteiger partial charge in [0.2, 0.25) is 0 Å². The maximum absolute atomic E-state index is 12.9. The Labute approximate surface area is 212 Å². The van der Waals surface area contributed by atoms with Gasteiger partial charge in [-0.25, -0.2) is 28.1 Å². The number of aromatic nitrogens is 3. The molecule has 3 atom stereocenters. The molecule has 1 aromatic heterocycles. The van der Waals surface area contributed by atoms with E-state index in [0.717, 1.165) is 33.0 Å². The lowest BCUT2D eigenvalue weighted by molar-refractivity contribution is 0.110. The SMILES string of the molecule is CC(S)CCOCCn1c(=O)n(CCOCCC(C)S)c(=O)n(CCOCCC(C)S)c1=O. The second-order valence-corrected chi connectivity index (χ2v) is 10.7. The molecule has 12 heteroatoms. The van der Waals surface area contributed by atoms with Crippen LogP contribution in [-0.2, 0) is 33.8 Å². The Morgan fingerprint density at radius 1 is 0.545 bits per heavy atom. The summed E-state index contributed by atoms with van der Waals surface area (Å²) in [4.78, 5) is 38.7. The van der Waals surface area contributed by atoms with Gasteiger partial charge in [-0.1, -0.05) is 20.8 Å². The van der Waals surface area contributed by atoms with E-state index in [1.165, 1.54) is 0 Å². The van der Waals surface area contributed by atoms with E-state index >= 15 is 0 Å². The molecule has 1 heterocycles. The number of hydrogen-bond acceptors (Lipinski definition) is 9. The predicted octanol–water partition coefficient (Wildman–Crippen LogP) is 1.35. The lowest BCUT2D eigenvalue weighted by Crippen LogP contribution is -2.55. The van der Waals surface area contributed by atoms with Crippen molar-refractivity contribution in [1.29, 1.82) is 0 Å². The highest BCUT2D eigenvalue weighted by Crippen LogP contribution is 2.00. The molecule has 3 unspecified atom stereocenters. The second-order valence-electron chi connectivity index (χ2n) is 8.05. The zero-order chi connectivity index (χ0) is 24.8. The largest absolute Gasteiger partial charge is 0.380 e. The fraction of sp³-hybridized carbons (Fsp3) is 0.857. The van der Waals surface area contributed by atoms with Gasteiger partial charge in [0, 0.05) is 35.6 Å². The average molecular weight is 526 g/mol. The van der Waals surface area contributed by atoms with E-state index < -0.39 is 17.1 Å². The third kappa shape index (κ3) is 12.0. The molecule has 9 nitrogen and oxygen atoms in total. The number of thiol groups is 3. The first-order valence-electron chi connectivity index (χ1n) is 11.4. The average Bonchev–Trinajstić information content (AvgIpc) is 2.73. The zero-order valence-corrected chi connectivity index (χ0v) is 22.5. The molecule has 0 aliphatic heterocycles. The van der Waals surface area contributed by atoms with Crippen molar-refractivity contribution in [2.75, 3.05) is 39.6 Å². The van der Waals surface area contributed by atoms with Crippen molar-refractivity contribution >= 4 is 37.9 Å². The number of hydrogen-bond donors (Lipinski definition) is 3. The molecule has 0 aliphatic rings. The Hall–Kier alpha value is -0.660. The van der Waals surface area contributed by atoms with Gasteiger partial charge in [0.05, 0.1) is 39.5 Å². The first-order valence-corrected chi connectivity index (χ1v) is 12.9. The highest BCUT2D eigenvalue weighted by Gasteiger charge is 2.15. The van der Waals surface area contributed by atoms with Crippen molar-refractivity contribution < 1.29 is 14.2 Å². The van der Waals surface area contributed by atoms with Crippen LogP contribution in [0.1, 0.15) is 40.0 Å². The molecule has 0 saturated heterocycles. The van der Waals surface area contributed by atoms with Crippen LogP contribution in [0.15, 0.2) is 14.4 Å². The Kier molecular flexibility index (Phi) is 15.5. The first-order chi connectivity index (χ1) is 15.6. The van der Waals surface area contributed by atoms with Crippen LogP contribution in [0.5, 0.6) is 0 Å². The van der Waals surface area contributed by atoms with Crippen LogP contribution >= 0.6 is 37.9 Å². The van der Waals surface area contributed by atoms with Crippen molar-refractivity contribution in [2.24, 2.45) is 0 Å². The number of ether oxygens (including phenoxy) is 3. The molecule has 0 radical (unpaired) electrons. The fourth-order valence-corrected chi connectivity index (χ4v) is 3.11. The van der Waals surface area contributed by atoms with Crippen LogP contribution < -0.4 is 17.1 Å². The summed E-state index contributed by atoms with van der Waals surface area (Å²) in [5, 5.41) is 0.591. The van der Waals surface area contributed by atoms with Crippen LogP contribution in [0.2, 0.25) is 0 Å². The van der Waals surface area contributed by atoms with Crippen LogP contribution in [0.3, 0.4) is 0 Å². The molecule has 33 heavy (non-hydrogen) atoms. The van der Waals surface area contributed by atoms with Crippen molar-refractivity contribution in [1.82, 2.24) is 13.7 Å². The van der Waals surface area contributed by atoms with Gasteiger partial charge in [0.1, 0.15) is 0 Å². The third-order valence-electron chi connectivity index (χ3n) is 4.80. The van der Waals surface area contributed by atoms with Crippen molar-refractivity contribution in [3.63, 3.8) is 0 Å². The summed E-state index contributed by atoms with van der Waals surface area (Å²) in [5.74, 6) is 0. The minimum absolute atomic E-state index is 0.0505. The Morgan fingerprint density at radius 2 is 0.788 bits per heavy atom. The summed E-state index contributed by atoms with van der Waals surface area (Å²) < 4.78 is 19.7. The van der Waals surface area contributed by atoms with Crippen LogP contribution in [-0.4, -0.2) is 69.1 Å². The molecule has 192 valence electrons. The summed E-state index contributed by atoms with van der Waals surface area (Å²) in [6, 6.07) is 0. The number of rotatable bonds is 18. The summed E-state index contributed by atoms with van der Waals surface area (Å²) >= 11 is 12.9. The van der Waals surface area contributed by atoms with E-state index in [2.05, 4.69) is 37.9 Å². The van der Waals surface area contributed by atoms with Gasteiger partial charge in [0.15, 0.2) is 0 Å². The molecule has 0 amide bonds. The van der Waals surface area contributed by atoms with E-state index in [4.69, 9.17) is 14.2 Å². The summed E-state index contributed by atoms with van der Waals surface area (Å²) in [5.41, 5.74) is -1.99. The van der Waals surface area contributed by atoms with Gasteiger partial charge >= 0.3 is 17.1 Å². The highest BCUT2D eigenvalue weighted by molar-refractivity contribution is 7.81. The summed E-state index contributed by atoms with van der Waals surface area (Å²) in [7, 11) is 0. The van der Waals surface area contributed by atoms with Gasteiger partial charge in [-0.15, -0.1) is 0 Å². The molecule has 1 rings (SSSR count). The molecular formula is C21H39N3O6S3. The Bertz CT molecular complexity index is 711. The second kappa shape index (κ2) is 16.9.